The summed E-state index contributed by atoms with van der Waals surface area (Å²) in [5.41, 5.74) is 1.96. The summed E-state index contributed by atoms with van der Waals surface area (Å²) < 4.78 is 21.9. The highest BCUT2D eigenvalue weighted by molar-refractivity contribution is 5.92. The number of hydrogen-bond acceptors (Lipinski definition) is 5. The number of likely N-dealkylation sites (tertiary alicyclic amines) is 1. The van der Waals surface area contributed by atoms with Crippen LogP contribution in [0.5, 0.6) is 23.0 Å². The first-order valence-corrected chi connectivity index (χ1v) is 9.80. The van der Waals surface area contributed by atoms with Crippen LogP contribution in [0.25, 0.3) is 6.08 Å². The molecule has 152 valence electrons. The van der Waals surface area contributed by atoms with Crippen LogP contribution in [0.4, 0.5) is 0 Å². The summed E-state index contributed by atoms with van der Waals surface area (Å²) in [5.74, 6) is 2.67. The van der Waals surface area contributed by atoms with Crippen LogP contribution in [0.3, 0.4) is 0 Å². The fraction of sp³-hybridized carbons (Fsp3) is 0.348. The predicted octanol–water partition coefficient (Wildman–Crippen LogP) is 3.85. The molecular weight excluding hydrogens is 370 g/mol. The molecule has 2 aromatic carbocycles. The van der Waals surface area contributed by atoms with Crippen molar-refractivity contribution in [3.63, 3.8) is 0 Å². The first-order chi connectivity index (χ1) is 14.2. The Balaban J connectivity index is 1.51. The van der Waals surface area contributed by atoms with Crippen LogP contribution in [-0.4, -0.2) is 44.8 Å². The molecule has 0 N–H and O–H groups in total. The van der Waals surface area contributed by atoms with Crippen LogP contribution in [-0.2, 0) is 4.79 Å². The summed E-state index contributed by atoms with van der Waals surface area (Å²) in [6.45, 7) is 1.75. The maximum Gasteiger partial charge on any atom is 0.247 e. The molecule has 2 heterocycles. The van der Waals surface area contributed by atoms with Gasteiger partial charge in [-0.2, -0.15) is 0 Å². The number of methoxy groups -OCH3 is 2. The summed E-state index contributed by atoms with van der Waals surface area (Å²) in [5, 5.41) is 0. The highest BCUT2D eigenvalue weighted by atomic mass is 16.6. The van der Waals surface area contributed by atoms with Gasteiger partial charge in [-0.1, -0.05) is 12.1 Å². The van der Waals surface area contributed by atoms with E-state index in [0.717, 1.165) is 36.3 Å². The fourth-order valence-corrected chi connectivity index (χ4v) is 3.86. The van der Waals surface area contributed by atoms with Crippen LogP contribution in [0.2, 0.25) is 0 Å². The van der Waals surface area contributed by atoms with Gasteiger partial charge in [-0.15, -0.1) is 0 Å². The summed E-state index contributed by atoms with van der Waals surface area (Å²) in [6.07, 6.45) is 5.37. The zero-order valence-corrected chi connectivity index (χ0v) is 16.7. The van der Waals surface area contributed by atoms with Gasteiger partial charge in [0.05, 0.1) is 20.3 Å². The summed E-state index contributed by atoms with van der Waals surface area (Å²) in [6, 6.07) is 11.7. The summed E-state index contributed by atoms with van der Waals surface area (Å²) >= 11 is 0. The molecule has 1 atom stereocenters. The van der Waals surface area contributed by atoms with Crippen molar-refractivity contribution in [2.24, 2.45) is 0 Å². The molecule has 1 fully saturated rings. The van der Waals surface area contributed by atoms with E-state index in [1.807, 2.05) is 41.3 Å². The fourth-order valence-electron chi connectivity index (χ4n) is 3.86. The minimum absolute atomic E-state index is 0.00262. The van der Waals surface area contributed by atoms with Gasteiger partial charge in [-0.05, 0) is 54.3 Å². The van der Waals surface area contributed by atoms with E-state index in [9.17, 15) is 4.79 Å². The Labute approximate surface area is 170 Å². The van der Waals surface area contributed by atoms with Gasteiger partial charge in [0, 0.05) is 12.6 Å². The lowest BCUT2D eigenvalue weighted by Gasteiger charge is -2.24. The Bertz CT molecular complexity index is 889. The lowest BCUT2D eigenvalue weighted by Crippen LogP contribution is -2.28. The van der Waals surface area contributed by atoms with Gasteiger partial charge < -0.3 is 23.8 Å². The number of fused-ring (bicyclic) bond motifs is 1. The van der Waals surface area contributed by atoms with Crippen molar-refractivity contribution in [2.45, 2.75) is 18.9 Å². The summed E-state index contributed by atoms with van der Waals surface area (Å²) in [4.78, 5) is 14.8. The zero-order valence-electron chi connectivity index (χ0n) is 16.7. The molecule has 6 nitrogen and oxygen atoms in total. The number of ether oxygens (including phenoxy) is 4. The number of nitrogens with zero attached hydrogens (tertiary/aromatic N) is 1. The Morgan fingerprint density at radius 3 is 2.66 bits per heavy atom. The molecule has 2 aromatic rings. The van der Waals surface area contributed by atoms with Crippen LogP contribution in [0.1, 0.15) is 30.0 Å². The number of carbonyl (C=O) groups excluding carboxylic acids is 1. The van der Waals surface area contributed by atoms with Crippen molar-refractivity contribution in [1.82, 2.24) is 4.90 Å². The van der Waals surface area contributed by atoms with Crippen molar-refractivity contribution in [3.8, 4) is 23.0 Å². The molecule has 1 unspecified atom stereocenters. The molecule has 0 saturated carbocycles. The van der Waals surface area contributed by atoms with Gasteiger partial charge >= 0.3 is 0 Å². The molecule has 1 amide bonds. The second-order valence-electron chi connectivity index (χ2n) is 7.04. The molecule has 0 radical (unpaired) electrons. The second kappa shape index (κ2) is 8.47. The largest absolute Gasteiger partial charge is 0.497 e. The van der Waals surface area contributed by atoms with E-state index >= 15 is 0 Å². The van der Waals surface area contributed by atoms with E-state index in [1.165, 1.54) is 0 Å². The van der Waals surface area contributed by atoms with Crippen molar-refractivity contribution in [2.75, 3.05) is 34.0 Å². The first kappa shape index (κ1) is 19.2. The quantitative estimate of drug-likeness (QED) is 0.720. The number of amides is 1. The minimum Gasteiger partial charge on any atom is -0.497 e. The van der Waals surface area contributed by atoms with E-state index in [-0.39, 0.29) is 11.9 Å². The SMILES string of the molecule is COc1ccc(C2CCCN2C(=O)/C=C/c2cc(OC)c3c(c2)OCCO3)cc1. The molecule has 0 spiro atoms. The molecule has 1 saturated heterocycles. The molecule has 4 rings (SSSR count). The highest BCUT2D eigenvalue weighted by Gasteiger charge is 2.28. The van der Waals surface area contributed by atoms with E-state index in [2.05, 4.69) is 0 Å². The Morgan fingerprint density at radius 2 is 1.90 bits per heavy atom. The summed E-state index contributed by atoms with van der Waals surface area (Å²) in [7, 11) is 3.24. The Kier molecular flexibility index (Phi) is 5.60. The topological polar surface area (TPSA) is 57.2 Å². The molecule has 0 bridgehead atoms. The smallest absolute Gasteiger partial charge is 0.247 e. The Morgan fingerprint density at radius 1 is 1.10 bits per heavy atom. The van der Waals surface area contributed by atoms with Crippen molar-refractivity contribution >= 4 is 12.0 Å². The van der Waals surface area contributed by atoms with Gasteiger partial charge in [-0.25, -0.2) is 0 Å². The molecule has 29 heavy (non-hydrogen) atoms. The van der Waals surface area contributed by atoms with Gasteiger partial charge in [-0.3, -0.25) is 4.79 Å². The lowest BCUT2D eigenvalue weighted by molar-refractivity contribution is -0.126. The predicted molar refractivity (Wildman–Crippen MR) is 110 cm³/mol. The van der Waals surface area contributed by atoms with E-state index in [1.54, 1.807) is 26.4 Å². The molecule has 0 aromatic heterocycles. The van der Waals surface area contributed by atoms with Gasteiger partial charge in [0.15, 0.2) is 11.5 Å². The molecule has 0 aliphatic carbocycles. The second-order valence-corrected chi connectivity index (χ2v) is 7.04. The molecule has 2 aliphatic heterocycles. The van der Waals surface area contributed by atoms with Crippen molar-refractivity contribution in [3.05, 3.63) is 53.6 Å². The maximum atomic E-state index is 12.9. The van der Waals surface area contributed by atoms with Gasteiger partial charge in [0.1, 0.15) is 19.0 Å². The van der Waals surface area contributed by atoms with Crippen molar-refractivity contribution < 1.29 is 23.7 Å². The third-order valence-electron chi connectivity index (χ3n) is 5.31. The van der Waals surface area contributed by atoms with Crippen LogP contribution >= 0.6 is 0 Å². The average molecular weight is 395 g/mol. The normalized spacial score (nSPS) is 18.1. The average Bonchev–Trinajstić information content (AvgIpc) is 3.27. The van der Waals surface area contributed by atoms with Gasteiger partial charge in [0.25, 0.3) is 0 Å². The van der Waals surface area contributed by atoms with E-state index < -0.39 is 0 Å². The van der Waals surface area contributed by atoms with Crippen LogP contribution < -0.4 is 18.9 Å². The first-order valence-electron chi connectivity index (χ1n) is 9.80. The van der Waals surface area contributed by atoms with E-state index in [4.69, 9.17) is 18.9 Å². The zero-order chi connectivity index (χ0) is 20.2. The lowest BCUT2D eigenvalue weighted by atomic mass is 10.0. The number of carbonyl (C=O) groups is 1. The van der Waals surface area contributed by atoms with Gasteiger partial charge in [0.2, 0.25) is 11.7 Å². The third kappa shape index (κ3) is 4.01. The molecule has 6 heteroatoms. The number of rotatable bonds is 5. The number of benzene rings is 2. The van der Waals surface area contributed by atoms with Crippen molar-refractivity contribution in [1.29, 1.82) is 0 Å². The standard InChI is InChI=1S/C23H25NO5/c1-26-18-8-6-17(7-9-18)19-4-3-11-24(19)22(25)10-5-16-14-20(27-2)23-21(15-16)28-12-13-29-23/h5-10,14-15,19H,3-4,11-13H2,1-2H3/b10-5+. The Hall–Kier alpha value is -3.15. The number of hydrogen-bond donors (Lipinski definition) is 0. The van der Waals surface area contributed by atoms with Crippen LogP contribution in [0.15, 0.2) is 42.5 Å². The third-order valence-corrected chi connectivity index (χ3v) is 5.31. The van der Waals surface area contributed by atoms with E-state index in [0.29, 0.717) is 30.5 Å². The maximum absolute atomic E-state index is 12.9. The minimum atomic E-state index is -0.00262. The monoisotopic (exact) mass is 395 g/mol. The highest BCUT2D eigenvalue weighted by Crippen LogP contribution is 2.40. The molecular formula is C23H25NO5. The van der Waals surface area contributed by atoms with Crippen LogP contribution in [0, 0.1) is 0 Å². The molecule has 2 aliphatic rings.